The first-order valence-electron chi connectivity index (χ1n) is 19.4. The lowest BCUT2D eigenvalue weighted by molar-refractivity contribution is -0.141. The van der Waals surface area contributed by atoms with E-state index < -0.39 is 23.7 Å². The molecule has 2 aliphatic carbocycles. The topological polar surface area (TPSA) is 104 Å². The third-order valence-electron chi connectivity index (χ3n) is 10.9. The van der Waals surface area contributed by atoms with E-state index in [1.807, 2.05) is 70.0 Å². The number of pyridine rings is 1. The van der Waals surface area contributed by atoms with Gasteiger partial charge in [0, 0.05) is 60.8 Å². The maximum absolute atomic E-state index is 15.0. The van der Waals surface area contributed by atoms with Gasteiger partial charge in [-0.25, -0.2) is 9.78 Å². The van der Waals surface area contributed by atoms with Crippen LogP contribution in [0.4, 0.5) is 10.6 Å². The number of aromatic nitrogens is 1. The van der Waals surface area contributed by atoms with Gasteiger partial charge in [0.15, 0.2) is 5.75 Å². The summed E-state index contributed by atoms with van der Waals surface area (Å²) < 4.78 is 12.0. The molecule has 10 nitrogen and oxygen atoms in total. The number of aryl methyl sites for hydroxylation is 1. The molecule has 3 heterocycles. The molecule has 4 atom stereocenters. The van der Waals surface area contributed by atoms with Crippen LogP contribution in [0.3, 0.4) is 0 Å². The van der Waals surface area contributed by atoms with Crippen LogP contribution in [0.2, 0.25) is 15.1 Å². The molecule has 0 bridgehead atoms. The third kappa shape index (κ3) is 9.29. The van der Waals surface area contributed by atoms with Crippen molar-refractivity contribution >= 4 is 58.5 Å². The fourth-order valence-corrected chi connectivity index (χ4v) is 8.74. The van der Waals surface area contributed by atoms with Crippen LogP contribution in [0, 0.1) is 12.8 Å². The molecule has 1 N–H and O–H groups in total. The van der Waals surface area contributed by atoms with Crippen LogP contribution in [-0.2, 0) is 9.53 Å². The summed E-state index contributed by atoms with van der Waals surface area (Å²) >= 11 is 19.7. The van der Waals surface area contributed by atoms with Crippen LogP contribution in [0.15, 0.2) is 48.7 Å². The van der Waals surface area contributed by atoms with E-state index in [1.165, 1.54) is 0 Å². The molecule has 55 heavy (non-hydrogen) atoms. The van der Waals surface area contributed by atoms with E-state index in [-0.39, 0.29) is 42.5 Å². The summed E-state index contributed by atoms with van der Waals surface area (Å²) in [7, 11) is 0. The Balaban J connectivity index is 1.11. The summed E-state index contributed by atoms with van der Waals surface area (Å²) in [4.78, 5) is 52.1. The second-order valence-corrected chi connectivity index (χ2v) is 17.8. The first-order chi connectivity index (χ1) is 26.1. The summed E-state index contributed by atoms with van der Waals surface area (Å²) in [5.41, 5.74) is 2.49. The Kier molecular flexibility index (Phi) is 11.5. The molecule has 0 radical (unpaired) electrons. The molecule has 2 aliphatic heterocycles. The van der Waals surface area contributed by atoms with E-state index >= 15 is 4.79 Å². The maximum Gasteiger partial charge on any atom is 0.410 e. The minimum atomic E-state index is -0.673. The Morgan fingerprint density at radius 3 is 2.27 bits per heavy atom. The normalized spacial score (nSPS) is 21.9. The van der Waals surface area contributed by atoms with Crippen molar-refractivity contribution in [3.63, 3.8) is 0 Å². The van der Waals surface area contributed by atoms with Gasteiger partial charge in [0.05, 0.1) is 28.5 Å². The standard InChI is InChI=1S/C42H50Cl3N5O5/c1-24-18-35(44)38(36(45)19-24)54-30-14-16-48(22-30)37-13-7-27(21-46-37)31-15-17-49(41(53)55-42(3,4)5)23-33(31)40(52)50(29-10-11-29)25(2)32-20-26(6-12-34(32)43)39(51)47-28-8-9-28/h6-7,12-13,18-21,25,28-31,33H,8-11,14-17,22-23H2,1-5H3,(H,47,51)/t25?,30-,31+,33-/m0/s1. The summed E-state index contributed by atoms with van der Waals surface area (Å²) in [5.74, 6) is 0.400. The number of piperidine rings is 1. The summed E-state index contributed by atoms with van der Waals surface area (Å²) in [6.45, 7) is 11.5. The number of halogens is 3. The Morgan fingerprint density at radius 2 is 1.64 bits per heavy atom. The van der Waals surface area contributed by atoms with Crippen molar-refractivity contribution in [2.75, 3.05) is 31.1 Å². The van der Waals surface area contributed by atoms with Crippen molar-refractivity contribution in [2.24, 2.45) is 5.92 Å². The molecule has 3 amide bonds. The Bertz CT molecular complexity index is 1910. The first kappa shape index (κ1) is 39.5. The number of ether oxygens (including phenoxy) is 2. The van der Waals surface area contributed by atoms with Gasteiger partial charge in [0.2, 0.25) is 5.91 Å². The molecule has 7 rings (SSSR count). The van der Waals surface area contributed by atoms with Gasteiger partial charge in [0.25, 0.3) is 5.91 Å². The van der Waals surface area contributed by atoms with E-state index in [4.69, 9.17) is 49.3 Å². The molecular weight excluding hydrogens is 761 g/mol. The molecule has 1 unspecified atom stereocenters. The van der Waals surface area contributed by atoms with E-state index in [0.29, 0.717) is 45.9 Å². The zero-order valence-corrected chi connectivity index (χ0v) is 34.4. The zero-order chi connectivity index (χ0) is 39.2. The minimum Gasteiger partial charge on any atom is -0.485 e. The molecule has 2 saturated heterocycles. The molecule has 0 spiro atoms. The minimum absolute atomic E-state index is 0.0376. The highest BCUT2D eigenvalue weighted by Gasteiger charge is 2.45. The van der Waals surface area contributed by atoms with Crippen molar-refractivity contribution in [1.82, 2.24) is 20.1 Å². The van der Waals surface area contributed by atoms with Gasteiger partial charge in [-0.1, -0.05) is 40.9 Å². The van der Waals surface area contributed by atoms with E-state index in [1.54, 1.807) is 17.0 Å². The largest absolute Gasteiger partial charge is 0.485 e. The van der Waals surface area contributed by atoms with Gasteiger partial charge in [0.1, 0.15) is 17.5 Å². The second kappa shape index (κ2) is 16.0. The number of anilines is 1. The summed E-state index contributed by atoms with van der Waals surface area (Å²) in [6.07, 6.45) is 6.42. The van der Waals surface area contributed by atoms with Crippen LogP contribution >= 0.6 is 34.8 Å². The first-order valence-corrected chi connectivity index (χ1v) is 20.5. The van der Waals surface area contributed by atoms with Crippen molar-refractivity contribution in [3.05, 3.63) is 86.0 Å². The van der Waals surface area contributed by atoms with Crippen LogP contribution in [0.5, 0.6) is 5.75 Å². The van der Waals surface area contributed by atoms with Crippen LogP contribution < -0.4 is 15.0 Å². The summed E-state index contributed by atoms with van der Waals surface area (Å²) in [6, 6.07) is 12.9. The number of carbonyl (C=O) groups is 3. The Hall–Kier alpha value is -3.73. The number of amides is 3. The average Bonchev–Trinajstić information content (AvgIpc) is 4.08. The number of nitrogens with zero attached hydrogens (tertiary/aromatic N) is 4. The highest BCUT2D eigenvalue weighted by atomic mass is 35.5. The molecule has 4 aliphatic rings. The Morgan fingerprint density at radius 1 is 0.909 bits per heavy atom. The highest BCUT2D eigenvalue weighted by Crippen LogP contribution is 2.43. The van der Waals surface area contributed by atoms with Crippen molar-refractivity contribution in [1.29, 1.82) is 0 Å². The van der Waals surface area contributed by atoms with Crippen molar-refractivity contribution in [3.8, 4) is 5.75 Å². The van der Waals surface area contributed by atoms with Crippen molar-refractivity contribution in [2.45, 2.75) is 109 Å². The molecule has 2 saturated carbocycles. The Labute approximate surface area is 338 Å². The lowest BCUT2D eigenvalue weighted by atomic mass is 9.79. The van der Waals surface area contributed by atoms with E-state index in [9.17, 15) is 9.59 Å². The van der Waals surface area contributed by atoms with Gasteiger partial charge in [-0.05, 0) is 120 Å². The maximum atomic E-state index is 15.0. The number of hydrogen-bond donors (Lipinski definition) is 1. The molecule has 1 aromatic heterocycles. The molecule has 4 fully saturated rings. The van der Waals surface area contributed by atoms with Crippen molar-refractivity contribution < 1.29 is 23.9 Å². The number of carbonyl (C=O) groups excluding carboxylic acids is 3. The number of likely N-dealkylation sites (tertiary alicyclic amines) is 1. The fraction of sp³-hybridized carbons (Fsp3) is 0.524. The molecule has 294 valence electrons. The van der Waals surface area contributed by atoms with Crippen LogP contribution in [-0.4, -0.2) is 82.7 Å². The molecule has 2 aromatic carbocycles. The molecule has 3 aromatic rings. The zero-order valence-electron chi connectivity index (χ0n) is 32.1. The van der Waals surface area contributed by atoms with Crippen LogP contribution in [0.1, 0.15) is 105 Å². The quantitative estimate of drug-likeness (QED) is 0.218. The van der Waals surface area contributed by atoms with Crippen LogP contribution in [0.25, 0.3) is 0 Å². The average molecular weight is 811 g/mol. The van der Waals surface area contributed by atoms with Gasteiger partial charge in [-0.2, -0.15) is 0 Å². The lowest BCUT2D eigenvalue weighted by Gasteiger charge is -2.42. The monoisotopic (exact) mass is 809 g/mol. The van der Waals surface area contributed by atoms with Gasteiger partial charge < -0.3 is 29.5 Å². The smallest absolute Gasteiger partial charge is 0.410 e. The van der Waals surface area contributed by atoms with E-state index in [2.05, 4.69) is 16.3 Å². The number of rotatable bonds is 10. The van der Waals surface area contributed by atoms with E-state index in [0.717, 1.165) is 61.2 Å². The third-order valence-corrected chi connectivity index (χ3v) is 11.8. The molecule has 13 heteroatoms. The van der Waals surface area contributed by atoms with Gasteiger partial charge in [-0.3, -0.25) is 9.59 Å². The highest BCUT2D eigenvalue weighted by molar-refractivity contribution is 6.37. The fourth-order valence-electron chi connectivity index (χ4n) is 7.78. The van der Waals surface area contributed by atoms with Gasteiger partial charge in [-0.15, -0.1) is 0 Å². The number of benzene rings is 2. The summed E-state index contributed by atoms with van der Waals surface area (Å²) in [5, 5.41) is 4.55. The predicted molar refractivity (Wildman–Crippen MR) is 216 cm³/mol. The number of hydrogen-bond acceptors (Lipinski definition) is 7. The SMILES string of the molecule is Cc1cc(Cl)c(O[C@H]2CCN(c3ccc([C@H]4CCN(C(=O)OC(C)(C)C)C[C@@H]4C(=O)N(C4CC4)C(C)c4cc(C(=O)NC5CC5)ccc4Cl)cn3)C2)c(Cl)c1. The number of nitrogens with one attached hydrogen (secondary N) is 1. The lowest BCUT2D eigenvalue weighted by Crippen LogP contribution is -2.51. The van der Waals surface area contributed by atoms with Gasteiger partial charge >= 0.3 is 6.09 Å². The molecular formula is C42H50Cl3N5O5. The second-order valence-electron chi connectivity index (χ2n) is 16.5. The predicted octanol–water partition coefficient (Wildman–Crippen LogP) is 8.99.